The maximum Gasteiger partial charge on any atom is 0.343 e. The predicted octanol–water partition coefficient (Wildman–Crippen LogP) is -3.13. The Morgan fingerprint density at radius 1 is 1.16 bits per heavy atom. The van der Waals surface area contributed by atoms with Gasteiger partial charge >= 0.3 is 11.9 Å². The molecule has 314 valence electrons. The quantitative estimate of drug-likeness (QED) is 0.0163. The number of quaternary nitrogens is 1. The molecule has 10 unspecified atom stereocenters. The second-order valence-electron chi connectivity index (χ2n) is 14.4. The summed E-state index contributed by atoms with van der Waals surface area (Å²) in [7, 11) is 0. The number of aliphatic imine (C=N–C) groups is 1. The summed E-state index contributed by atoms with van der Waals surface area (Å²) < 4.78 is 29.4. The first-order valence-corrected chi connectivity index (χ1v) is 18.7. The van der Waals surface area contributed by atoms with Gasteiger partial charge in [-0.3, -0.25) is 4.99 Å². The van der Waals surface area contributed by atoms with Crippen molar-refractivity contribution in [2.24, 2.45) is 28.5 Å². The number of hydrogen-bond acceptors (Lipinski definition) is 15. The monoisotopic (exact) mass is 797 g/mol. The molecular weight excluding hydrogens is 740 g/mol. The molecule has 3 aliphatic heterocycles. The number of hydrogen-bond donors (Lipinski definition) is 11. The first-order valence-electron chi connectivity index (χ1n) is 18.7. The third-order valence-electron chi connectivity index (χ3n) is 9.96. The van der Waals surface area contributed by atoms with Crippen molar-refractivity contribution >= 4 is 17.9 Å². The maximum absolute atomic E-state index is 13.9. The summed E-state index contributed by atoms with van der Waals surface area (Å²) in [6.07, 6.45) is -0.0459. The normalized spacial score (nSPS) is 32.2. The Hall–Kier alpha value is -3.73. The molecule has 0 bridgehead atoms. The van der Waals surface area contributed by atoms with E-state index in [-0.39, 0.29) is 68.2 Å². The molecule has 1 aliphatic carbocycles. The molecule has 0 spiro atoms. The standard InChI is InChI=1S/C37H56N4O15/c1-4-24-25(9-7-22-15-41(11-13-43)16-26(32(47)48)29(22)40-36(38)39-10-5-12-42)27(33(49)54-23-8-6-21(14-23)17-44)19-52-34(24)56-35-31(53-20(2)3)37(50,51)30(46)28(18-45)55-35/h4,7,9,16,19-21,23-25,28,30-31,34-35,42-46,50-51H,1,5-6,8,10-15,17-18H2,2-3H3,(H,47,48)(H3,38,39,40)/p+1. The molecule has 12 N–H and O–H groups in total. The number of carbonyl (C=O) groups excluding carboxylic acids is 1. The van der Waals surface area contributed by atoms with E-state index in [0.29, 0.717) is 36.2 Å². The fourth-order valence-electron chi connectivity index (χ4n) is 7.05. The number of nitrogens with zero attached hydrogens (tertiary/aromatic N) is 1. The van der Waals surface area contributed by atoms with Gasteiger partial charge in [0.05, 0.1) is 42.8 Å². The highest BCUT2D eigenvalue weighted by atomic mass is 16.8. The number of ether oxygens (including phenoxy) is 5. The van der Waals surface area contributed by atoms with Gasteiger partial charge in [0.25, 0.3) is 0 Å². The number of nitrogens with one attached hydrogen (secondary N) is 2. The lowest BCUT2D eigenvalue weighted by molar-refractivity contribution is -0.843. The van der Waals surface area contributed by atoms with Crippen molar-refractivity contribution < 1.29 is 79.0 Å². The lowest BCUT2D eigenvalue weighted by Gasteiger charge is -2.48. The van der Waals surface area contributed by atoms with Crippen LogP contribution in [0.1, 0.15) is 39.5 Å². The van der Waals surface area contributed by atoms with Crippen LogP contribution in [0, 0.1) is 17.8 Å². The zero-order chi connectivity index (χ0) is 41.2. The molecule has 0 aromatic carbocycles. The largest absolute Gasteiger partial charge is 0.477 e. The average Bonchev–Trinajstić information content (AvgIpc) is 3.61. The van der Waals surface area contributed by atoms with Gasteiger partial charge in [0, 0.05) is 31.2 Å². The molecule has 3 heterocycles. The Morgan fingerprint density at radius 2 is 1.91 bits per heavy atom. The first-order chi connectivity index (χ1) is 26.7. The molecular formula is C37H57N4O15+. The van der Waals surface area contributed by atoms with E-state index in [1.165, 1.54) is 12.3 Å². The summed E-state index contributed by atoms with van der Waals surface area (Å²) >= 11 is 0. The van der Waals surface area contributed by atoms with Crippen LogP contribution in [0.15, 0.2) is 64.7 Å². The topological polar surface area (TPSA) is 297 Å². The molecule has 4 rings (SSSR count). The number of aliphatic carboxylic acids is 1. The van der Waals surface area contributed by atoms with E-state index in [9.17, 15) is 45.3 Å². The summed E-state index contributed by atoms with van der Waals surface area (Å²) in [5.74, 6) is -6.97. The van der Waals surface area contributed by atoms with Crippen molar-refractivity contribution in [3.63, 3.8) is 0 Å². The van der Waals surface area contributed by atoms with Crippen LogP contribution in [0.3, 0.4) is 0 Å². The van der Waals surface area contributed by atoms with Crippen LogP contribution in [0.5, 0.6) is 0 Å². The number of guanidine groups is 1. The molecule has 0 radical (unpaired) electrons. The third-order valence-corrected chi connectivity index (χ3v) is 9.96. The average molecular weight is 798 g/mol. The molecule has 0 aromatic rings. The zero-order valence-corrected chi connectivity index (χ0v) is 31.6. The minimum absolute atomic E-state index is 0.0219. The van der Waals surface area contributed by atoms with Crippen molar-refractivity contribution in [1.82, 2.24) is 5.32 Å². The van der Waals surface area contributed by atoms with Gasteiger partial charge in [0.15, 0.2) is 18.4 Å². The number of rotatable bonds is 18. The van der Waals surface area contributed by atoms with Crippen LogP contribution in [0.25, 0.3) is 0 Å². The van der Waals surface area contributed by atoms with Gasteiger partial charge in [-0.15, -0.1) is 6.58 Å². The lowest BCUT2D eigenvalue weighted by atomic mass is 9.83. The maximum atomic E-state index is 13.9. The number of nitrogens with two attached hydrogens (primary N) is 1. The van der Waals surface area contributed by atoms with Gasteiger partial charge in [-0.2, -0.15) is 0 Å². The smallest absolute Gasteiger partial charge is 0.343 e. The highest BCUT2D eigenvalue weighted by molar-refractivity contribution is 5.94. The number of allylic oxidation sites excluding steroid dienone is 1. The molecule has 0 aromatic heterocycles. The zero-order valence-electron chi connectivity index (χ0n) is 31.6. The second kappa shape index (κ2) is 20.6. The fourth-order valence-corrected chi connectivity index (χ4v) is 7.05. The van der Waals surface area contributed by atoms with E-state index in [1.807, 2.05) is 0 Å². The number of esters is 1. The number of carboxylic acid groups (broad SMARTS) is 1. The van der Waals surface area contributed by atoms with Gasteiger partial charge in [0.2, 0.25) is 12.1 Å². The van der Waals surface area contributed by atoms with Crippen molar-refractivity contribution in [3.05, 3.63) is 59.7 Å². The third kappa shape index (κ3) is 11.0. The molecule has 19 heteroatoms. The highest BCUT2D eigenvalue weighted by Crippen LogP contribution is 2.39. The van der Waals surface area contributed by atoms with Gasteiger partial charge in [-0.05, 0) is 45.4 Å². The molecule has 2 fully saturated rings. The van der Waals surface area contributed by atoms with Crippen LogP contribution >= 0.6 is 0 Å². The summed E-state index contributed by atoms with van der Waals surface area (Å²) in [6.45, 7) is 6.44. The van der Waals surface area contributed by atoms with Gasteiger partial charge < -0.3 is 80.5 Å². The van der Waals surface area contributed by atoms with E-state index in [2.05, 4.69) is 16.9 Å². The van der Waals surface area contributed by atoms with Gasteiger partial charge in [-0.1, -0.05) is 18.2 Å². The van der Waals surface area contributed by atoms with E-state index < -0.39 is 79.3 Å². The Bertz CT molecular complexity index is 1530. The summed E-state index contributed by atoms with van der Waals surface area (Å²) in [5, 5.41) is 84.0. The fraction of sp³-hybridized carbons (Fsp3) is 0.649. The second-order valence-corrected chi connectivity index (χ2v) is 14.4. The number of carboxylic acids is 1. The number of carbonyl (C=O) groups is 2. The highest BCUT2D eigenvalue weighted by Gasteiger charge is 2.57. The minimum atomic E-state index is -2.94. The lowest BCUT2D eigenvalue weighted by Crippen LogP contribution is -3.09. The van der Waals surface area contributed by atoms with Crippen molar-refractivity contribution in [3.8, 4) is 0 Å². The molecule has 56 heavy (non-hydrogen) atoms. The number of aliphatic hydroxyl groups is 7. The Balaban J connectivity index is 1.77. The minimum Gasteiger partial charge on any atom is -0.477 e. The van der Waals surface area contributed by atoms with E-state index in [4.69, 9.17) is 34.5 Å². The molecule has 0 amide bonds. The van der Waals surface area contributed by atoms with Gasteiger partial charge in [-0.25, -0.2) is 9.59 Å². The van der Waals surface area contributed by atoms with E-state index in [0.717, 1.165) is 6.26 Å². The van der Waals surface area contributed by atoms with Crippen LogP contribution in [-0.4, -0.2) is 154 Å². The molecule has 1 saturated heterocycles. The summed E-state index contributed by atoms with van der Waals surface area (Å²) in [4.78, 5) is 31.1. The van der Waals surface area contributed by atoms with E-state index in [1.54, 1.807) is 26.0 Å². The van der Waals surface area contributed by atoms with Gasteiger partial charge in [0.1, 0.15) is 43.2 Å². The number of aliphatic hydroxyl groups excluding tert-OH is 5. The first kappa shape index (κ1) is 45.0. The molecule has 10 atom stereocenters. The predicted molar refractivity (Wildman–Crippen MR) is 195 cm³/mol. The van der Waals surface area contributed by atoms with Crippen molar-refractivity contribution in [2.75, 3.05) is 46.1 Å². The van der Waals surface area contributed by atoms with Crippen LogP contribution < -0.4 is 16.0 Å². The van der Waals surface area contributed by atoms with Crippen LogP contribution in [0.2, 0.25) is 0 Å². The van der Waals surface area contributed by atoms with E-state index >= 15 is 0 Å². The summed E-state index contributed by atoms with van der Waals surface area (Å²) in [5.41, 5.74) is 6.49. The van der Waals surface area contributed by atoms with Crippen molar-refractivity contribution in [2.45, 2.75) is 88.4 Å². The Kier molecular flexibility index (Phi) is 16.6. The molecule has 4 aliphatic rings. The molecule has 19 nitrogen and oxygen atoms in total. The SMILES string of the molecule is C=CC1C(OC2OC(CO)C(O)C(O)(O)C2OC(C)C)OC=C(C(=O)OC2CCC(CO)C2)C1C=CC1=C(NC(N)=NCCCO)C(C(=O)O)=C[NH+](CCO)C1. The Morgan fingerprint density at radius 3 is 2.52 bits per heavy atom. The van der Waals surface area contributed by atoms with Crippen LogP contribution in [0.4, 0.5) is 0 Å². The Labute approximate surface area is 324 Å². The molecule has 1 saturated carbocycles. The summed E-state index contributed by atoms with van der Waals surface area (Å²) in [6, 6.07) is 0. The van der Waals surface area contributed by atoms with Crippen LogP contribution in [-0.2, 0) is 33.3 Å². The van der Waals surface area contributed by atoms with Crippen molar-refractivity contribution in [1.29, 1.82) is 0 Å².